The van der Waals surface area contributed by atoms with E-state index < -0.39 is 0 Å². The van der Waals surface area contributed by atoms with E-state index in [1.54, 1.807) is 0 Å². The summed E-state index contributed by atoms with van der Waals surface area (Å²) in [5.74, 6) is 8.58. The van der Waals surface area contributed by atoms with E-state index in [4.69, 9.17) is 23.7 Å². The number of benzene rings is 5. The minimum absolute atomic E-state index is 0.0647. The Morgan fingerprint density at radius 1 is 0.462 bits per heavy atom. The molecule has 5 aromatic carbocycles. The minimum Gasteiger partial charge on any atom is -0.482 e. The van der Waals surface area contributed by atoms with Crippen LogP contribution in [-0.2, 0) is 36.4 Å². The molecule has 13 rings (SSSR count). The summed E-state index contributed by atoms with van der Waals surface area (Å²) in [4.78, 5) is 29.6. The summed E-state index contributed by atoms with van der Waals surface area (Å²) in [5.41, 5.74) is 0.465. The van der Waals surface area contributed by atoms with Crippen molar-refractivity contribution in [3.8, 4) is 28.7 Å². The minimum atomic E-state index is -0.360. The number of carbonyl (C=O) groups is 2. The lowest BCUT2D eigenvalue weighted by molar-refractivity contribution is -0.205. The molecule has 8 aliphatic carbocycles. The van der Waals surface area contributed by atoms with Gasteiger partial charge in [-0.3, -0.25) is 4.79 Å². The summed E-state index contributed by atoms with van der Waals surface area (Å²) in [6.07, 6.45) is 13.5. The monoisotopic (exact) mass is 889 g/mol. The second kappa shape index (κ2) is 17.5. The summed E-state index contributed by atoms with van der Waals surface area (Å²) in [6.45, 7) is 4.29. The Kier molecular flexibility index (Phi) is 11.5. The van der Waals surface area contributed by atoms with Gasteiger partial charge >= 0.3 is 11.9 Å². The lowest BCUT2D eigenvalue weighted by Crippen LogP contribution is -2.58. The summed E-state index contributed by atoms with van der Waals surface area (Å²) in [7, 11) is -0.360. The SMILES string of the molecule is CC1(OC(=O)CCc2ccc(Oc3ccc([S+](c4ccccc4)c4ccc(Oc5ccc(OCC(=O)OC6(C)C7CC8CC(C7)CC6C8)cc5)cc4)cc3)cc2)C2CC3CC(C2)CC1C3. The maximum Gasteiger partial charge on any atom is 0.344 e. The van der Waals surface area contributed by atoms with Crippen LogP contribution in [0.2, 0.25) is 0 Å². The van der Waals surface area contributed by atoms with Crippen LogP contribution in [0.3, 0.4) is 0 Å². The first-order valence-corrected chi connectivity index (χ1v) is 25.4. The Labute approximate surface area is 386 Å². The maximum atomic E-state index is 13.1. The van der Waals surface area contributed by atoms with E-state index in [2.05, 4.69) is 74.5 Å². The van der Waals surface area contributed by atoms with Crippen molar-refractivity contribution in [3.63, 3.8) is 0 Å². The number of rotatable bonds is 15. The van der Waals surface area contributed by atoms with Crippen molar-refractivity contribution in [1.82, 2.24) is 0 Å². The van der Waals surface area contributed by atoms with Crippen LogP contribution in [-0.4, -0.2) is 29.7 Å². The van der Waals surface area contributed by atoms with Gasteiger partial charge < -0.3 is 23.7 Å². The quantitative estimate of drug-likeness (QED) is 0.0765. The molecule has 65 heavy (non-hydrogen) atoms. The fourth-order valence-corrected chi connectivity index (χ4v) is 15.4. The molecule has 7 nitrogen and oxygen atoms in total. The van der Waals surface area contributed by atoms with Gasteiger partial charge in [0.05, 0.1) is 10.9 Å². The van der Waals surface area contributed by atoms with Crippen molar-refractivity contribution in [2.24, 2.45) is 47.3 Å². The largest absolute Gasteiger partial charge is 0.482 e. The molecule has 8 fully saturated rings. The van der Waals surface area contributed by atoms with Crippen LogP contribution in [0.15, 0.2) is 142 Å². The van der Waals surface area contributed by atoms with E-state index >= 15 is 0 Å². The Balaban J connectivity index is 0.675. The van der Waals surface area contributed by atoms with Gasteiger partial charge in [0.1, 0.15) is 39.9 Å². The molecule has 0 aromatic heterocycles. The van der Waals surface area contributed by atoms with Crippen molar-refractivity contribution in [2.45, 2.75) is 117 Å². The normalized spacial score (nSPS) is 30.7. The van der Waals surface area contributed by atoms with Gasteiger partial charge in [-0.15, -0.1) is 0 Å². The van der Waals surface area contributed by atoms with Crippen molar-refractivity contribution in [2.75, 3.05) is 6.61 Å². The second-order valence-electron chi connectivity index (χ2n) is 20.6. The second-order valence-corrected chi connectivity index (χ2v) is 22.6. The molecule has 0 amide bonds. The summed E-state index contributed by atoms with van der Waals surface area (Å²) in [5, 5.41) is 0. The van der Waals surface area contributed by atoms with Crippen molar-refractivity contribution in [1.29, 1.82) is 0 Å². The van der Waals surface area contributed by atoms with Gasteiger partial charge in [-0.2, -0.15) is 0 Å². The first-order chi connectivity index (χ1) is 31.6. The standard InChI is InChI=1S/C57H61O7S/c1-56(42-28-38-26-39(30-42)31-43(56)29-38)63-54(58)25-10-37-8-11-47(12-9-37)61-49-17-21-52(22-18-49)65(51-6-4-3-5-7-51)53-23-19-50(20-24-53)62-48-15-13-46(14-16-48)60-36-55(59)64-57(2)44-32-40-27-41(34-44)35-45(57)33-40/h3-9,11-24,38-45H,10,25-36H2,1-2H3/q+1. The third-order valence-corrected chi connectivity index (χ3v) is 18.7. The molecule has 1 atom stereocenters. The Bertz CT molecular complexity index is 2250. The molecule has 0 heterocycles. The van der Waals surface area contributed by atoms with E-state index in [1.807, 2.05) is 66.7 Å². The van der Waals surface area contributed by atoms with Gasteiger partial charge in [-0.25, -0.2) is 4.79 Å². The highest BCUT2D eigenvalue weighted by Crippen LogP contribution is 2.60. The fourth-order valence-electron chi connectivity index (χ4n) is 13.4. The van der Waals surface area contributed by atoms with E-state index in [0.717, 1.165) is 46.5 Å². The van der Waals surface area contributed by atoms with Crippen LogP contribution in [0.1, 0.15) is 90.0 Å². The summed E-state index contributed by atoms with van der Waals surface area (Å²) < 4.78 is 30.9. The molecule has 8 aliphatic rings. The van der Waals surface area contributed by atoms with Crippen LogP contribution in [0.25, 0.3) is 0 Å². The molecule has 8 heteroatoms. The van der Waals surface area contributed by atoms with Gasteiger partial charge in [0, 0.05) is 6.42 Å². The van der Waals surface area contributed by atoms with Gasteiger partial charge in [-0.05, 0) is 234 Å². The molecule has 0 spiro atoms. The molecule has 0 aliphatic heterocycles. The Morgan fingerprint density at radius 2 is 0.831 bits per heavy atom. The van der Waals surface area contributed by atoms with Gasteiger partial charge in [-0.1, -0.05) is 30.3 Å². The zero-order chi connectivity index (χ0) is 44.1. The third-order valence-electron chi connectivity index (χ3n) is 16.5. The predicted molar refractivity (Wildman–Crippen MR) is 251 cm³/mol. The fraction of sp³-hybridized carbons (Fsp3) is 0.439. The zero-order valence-electron chi connectivity index (χ0n) is 37.7. The van der Waals surface area contributed by atoms with Gasteiger partial charge in [0.25, 0.3) is 0 Å². The van der Waals surface area contributed by atoms with Crippen LogP contribution in [0.4, 0.5) is 0 Å². The molecular weight excluding hydrogens is 829 g/mol. The topological polar surface area (TPSA) is 80.3 Å². The van der Waals surface area contributed by atoms with Crippen LogP contribution >= 0.6 is 0 Å². The smallest absolute Gasteiger partial charge is 0.344 e. The van der Waals surface area contributed by atoms with Crippen LogP contribution < -0.4 is 14.2 Å². The van der Waals surface area contributed by atoms with Crippen molar-refractivity contribution >= 4 is 22.8 Å². The van der Waals surface area contributed by atoms with E-state index in [-0.39, 0.29) is 40.6 Å². The highest BCUT2D eigenvalue weighted by atomic mass is 32.2. The van der Waals surface area contributed by atoms with Crippen LogP contribution in [0.5, 0.6) is 28.7 Å². The molecule has 336 valence electrons. The lowest BCUT2D eigenvalue weighted by Gasteiger charge is -2.59. The predicted octanol–water partition coefficient (Wildman–Crippen LogP) is 13.2. The van der Waals surface area contributed by atoms with Gasteiger partial charge in [0.15, 0.2) is 21.3 Å². The molecule has 1 unspecified atom stereocenters. The van der Waals surface area contributed by atoms with Crippen molar-refractivity contribution < 1.29 is 33.3 Å². The highest BCUT2D eigenvalue weighted by Gasteiger charge is 2.58. The number of aryl methyl sites for hydroxylation is 1. The molecule has 0 radical (unpaired) electrons. The first-order valence-electron chi connectivity index (χ1n) is 24.2. The number of ether oxygens (including phenoxy) is 5. The highest BCUT2D eigenvalue weighted by molar-refractivity contribution is 7.97. The number of carbonyl (C=O) groups excluding carboxylic acids is 2. The average molecular weight is 890 g/mol. The maximum absolute atomic E-state index is 13.1. The van der Waals surface area contributed by atoms with Crippen molar-refractivity contribution in [3.05, 3.63) is 133 Å². The third kappa shape index (κ3) is 8.80. The number of esters is 2. The van der Waals surface area contributed by atoms with E-state index in [0.29, 0.717) is 48.0 Å². The molecular formula is C57H61O7S+. The first kappa shape index (κ1) is 42.4. The Hall–Kier alpha value is -5.21. The zero-order valence-corrected chi connectivity index (χ0v) is 38.5. The number of hydrogen-bond acceptors (Lipinski definition) is 7. The number of hydrogen-bond donors (Lipinski definition) is 0. The lowest BCUT2D eigenvalue weighted by atomic mass is 9.50. The summed E-state index contributed by atoms with van der Waals surface area (Å²) in [6, 6.07) is 42.7. The van der Waals surface area contributed by atoms with E-state index in [1.165, 1.54) is 78.9 Å². The van der Waals surface area contributed by atoms with Gasteiger partial charge in [0.2, 0.25) is 0 Å². The molecule has 5 aromatic rings. The average Bonchev–Trinajstić information content (AvgIpc) is 3.31. The van der Waals surface area contributed by atoms with Crippen LogP contribution in [0, 0.1) is 47.3 Å². The summed E-state index contributed by atoms with van der Waals surface area (Å²) >= 11 is 0. The molecule has 0 saturated heterocycles. The molecule has 8 bridgehead atoms. The van der Waals surface area contributed by atoms with E-state index in [9.17, 15) is 9.59 Å². The molecule has 0 N–H and O–H groups in total. The Morgan fingerprint density at radius 3 is 1.28 bits per heavy atom. The molecule has 8 saturated carbocycles.